The molecule has 1 aliphatic carbocycles. The van der Waals surface area contributed by atoms with Gasteiger partial charge in [-0.15, -0.1) is 0 Å². The minimum Gasteiger partial charge on any atom is -0.378 e. The van der Waals surface area contributed by atoms with Crippen molar-refractivity contribution in [3.63, 3.8) is 0 Å². The average molecular weight is 253 g/mol. The molecule has 1 N–H and O–H groups in total. The van der Waals surface area contributed by atoms with E-state index in [0.29, 0.717) is 17.9 Å². The van der Waals surface area contributed by atoms with Crippen LogP contribution in [0.25, 0.3) is 0 Å². The van der Waals surface area contributed by atoms with Gasteiger partial charge in [-0.1, -0.05) is 6.92 Å². The van der Waals surface area contributed by atoms with Crippen LogP contribution in [0, 0.1) is 10.7 Å². The van der Waals surface area contributed by atoms with Gasteiger partial charge in [0.2, 0.25) is 0 Å². The predicted molar refractivity (Wildman–Crippen MR) is 67.5 cm³/mol. The normalized spacial score (nSPS) is 28.8. The van der Waals surface area contributed by atoms with Crippen LogP contribution in [0.4, 0.5) is 0 Å². The molecule has 5 heteroatoms. The molecule has 1 aromatic rings. The Bertz CT molecular complexity index is 449. The molecule has 0 bridgehead atoms. The van der Waals surface area contributed by atoms with Crippen molar-refractivity contribution in [3.05, 3.63) is 10.6 Å². The first-order valence-electron chi connectivity index (χ1n) is 6.56. The Morgan fingerprint density at radius 1 is 1.47 bits per heavy atom. The first-order chi connectivity index (χ1) is 8.29. The fourth-order valence-corrected chi connectivity index (χ4v) is 2.96. The Hall–Kier alpha value is -0.680. The summed E-state index contributed by atoms with van der Waals surface area (Å²) in [6.45, 7) is 4.06. The van der Waals surface area contributed by atoms with Crippen molar-refractivity contribution >= 4 is 12.2 Å². The fraction of sp³-hybridized carbons (Fsp3) is 0.833. The van der Waals surface area contributed by atoms with Crippen LogP contribution in [0.15, 0.2) is 0 Å². The van der Waals surface area contributed by atoms with Crippen LogP contribution in [0.1, 0.15) is 44.3 Å². The van der Waals surface area contributed by atoms with Gasteiger partial charge in [-0.2, -0.15) is 5.10 Å². The first-order valence-corrected chi connectivity index (χ1v) is 6.97. The number of aromatic nitrogens is 3. The standard InChI is InChI=1S/C12H19N3OS/c1-2-10-9(5-6-16-10)7-15-11(8-3-4-8)13-14-12(15)17/h8-10H,2-7H2,1H3,(H,14,17). The molecule has 0 amide bonds. The molecule has 2 unspecified atom stereocenters. The molecule has 0 radical (unpaired) electrons. The fourth-order valence-electron chi connectivity index (χ4n) is 2.75. The summed E-state index contributed by atoms with van der Waals surface area (Å²) in [5.74, 6) is 2.41. The molecule has 94 valence electrons. The van der Waals surface area contributed by atoms with Gasteiger partial charge in [0.1, 0.15) is 5.82 Å². The van der Waals surface area contributed by atoms with E-state index in [0.717, 1.165) is 36.6 Å². The van der Waals surface area contributed by atoms with Crippen LogP contribution >= 0.6 is 12.2 Å². The number of rotatable bonds is 4. The van der Waals surface area contributed by atoms with E-state index in [1.54, 1.807) is 0 Å². The molecule has 0 aromatic carbocycles. The van der Waals surface area contributed by atoms with Gasteiger partial charge in [0.05, 0.1) is 6.10 Å². The maximum Gasteiger partial charge on any atom is 0.195 e. The molecule has 4 nitrogen and oxygen atoms in total. The molecule has 1 saturated heterocycles. The summed E-state index contributed by atoms with van der Waals surface area (Å²) in [5.41, 5.74) is 0. The van der Waals surface area contributed by atoms with Crippen molar-refractivity contribution in [3.8, 4) is 0 Å². The SMILES string of the molecule is CCC1OCCC1Cn1c(C2CC2)n[nH]c1=S. The van der Waals surface area contributed by atoms with Crippen LogP contribution in [0.5, 0.6) is 0 Å². The van der Waals surface area contributed by atoms with Gasteiger partial charge < -0.3 is 9.30 Å². The highest BCUT2D eigenvalue weighted by Crippen LogP contribution is 2.39. The zero-order valence-electron chi connectivity index (χ0n) is 10.2. The number of hydrogen-bond donors (Lipinski definition) is 1. The van der Waals surface area contributed by atoms with Gasteiger partial charge in [0.15, 0.2) is 4.77 Å². The smallest absolute Gasteiger partial charge is 0.195 e. The molecule has 2 fully saturated rings. The summed E-state index contributed by atoms with van der Waals surface area (Å²) in [6.07, 6.45) is 5.17. The van der Waals surface area contributed by atoms with E-state index in [9.17, 15) is 0 Å². The number of hydrogen-bond acceptors (Lipinski definition) is 3. The van der Waals surface area contributed by atoms with E-state index >= 15 is 0 Å². The lowest BCUT2D eigenvalue weighted by molar-refractivity contribution is 0.0831. The first kappa shape index (κ1) is 11.4. The topological polar surface area (TPSA) is 42.8 Å². The molecule has 1 aromatic heterocycles. The monoisotopic (exact) mass is 253 g/mol. The second-order valence-corrected chi connectivity index (χ2v) is 5.52. The van der Waals surface area contributed by atoms with Crippen LogP contribution in [0.2, 0.25) is 0 Å². The zero-order chi connectivity index (χ0) is 11.8. The molecular formula is C12H19N3OS. The summed E-state index contributed by atoms with van der Waals surface area (Å²) >= 11 is 5.33. The maximum absolute atomic E-state index is 5.74. The number of nitrogens with one attached hydrogen (secondary N) is 1. The second-order valence-electron chi connectivity index (χ2n) is 5.14. The quantitative estimate of drug-likeness (QED) is 0.839. The van der Waals surface area contributed by atoms with Gasteiger partial charge in [-0.05, 0) is 37.9 Å². The summed E-state index contributed by atoms with van der Waals surface area (Å²) in [7, 11) is 0. The van der Waals surface area contributed by atoms with E-state index < -0.39 is 0 Å². The van der Waals surface area contributed by atoms with Crippen LogP contribution < -0.4 is 0 Å². The van der Waals surface area contributed by atoms with Gasteiger partial charge in [-0.25, -0.2) is 0 Å². The summed E-state index contributed by atoms with van der Waals surface area (Å²) < 4.78 is 8.72. The highest BCUT2D eigenvalue weighted by molar-refractivity contribution is 7.71. The number of ether oxygens (including phenoxy) is 1. The number of nitrogens with zero attached hydrogens (tertiary/aromatic N) is 2. The molecule has 2 atom stereocenters. The Balaban J connectivity index is 1.79. The predicted octanol–water partition coefficient (Wildman–Crippen LogP) is 2.63. The summed E-state index contributed by atoms with van der Waals surface area (Å²) in [5, 5.41) is 7.32. The Morgan fingerprint density at radius 2 is 2.29 bits per heavy atom. The van der Waals surface area contributed by atoms with E-state index in [1.807, 2.05) is 0 Å². The lowest BCUT2D eigenvalue weighted by Gasteiger charge is -2.18. The minimum atomic E-state index is 0.402. The second kappa shape index (κ2) is 4.53. The van der Waals surface area contributed by atoms with Crippen molar-refractivity contribution in [1.29, 1.82) is 0 Å². The third-order valence-electron chi connectivity index (χ3n) is 3.90. The summed E-state index contributed by atoms with van der Waals surface area (Å²) in [4.78, 5) is 0. The lowest BCUT2D eigenvalue weighted by atomic mass is 9.99. The Labute approximate surface area is 106 Å². The van der Waals surface area contributed by atoms with Crippen molar-refractivity contribution in [2.75, 3.05) is 6.61 Å². The highest BCUT2D eigenvalue weighted by Gasteiger charge is 2.32. The minimum absolute atomic E-state index is 0.402. The number of aromatic amines is 1. The molecule has 3 rings (SSSR count). The van der Waals surface area contributed by atoms with Gasteiger partial charge >= 0.3 is 0 Å². The van der Waals surface area contributed by atoms with Crippen LogP contribution in [-0.2, 0) is 11.3 Å². The van der Waals surface area contributed by atoms with E-state index in [1.165, 1.54) is 12.8 Å². The molecule has 2 aliphatic rings. The average Bonchev–Trinajstić information content (AvgIpc) is 2.97. The summed E-state index contributed by atoms with van der Waals surface area (Å²) in [6, 6.07) is 0. The van der Waals surface area contributed by atoms with E-state index in [4.69, 9.17) is 17.0 Å². The van der Waals surface area contributed by atoms with Gasteiger partial charge in [0.25, 0.3) is 0 Å². The van der Waals surface area contributed by atoms with Crippen molar-refractivity contribution in [2.45, 2.75) is 51.2 Å². The van der Waals surface area contributed by atoms with E-state index in [-0.39, 0.29) is 0 Å². The Kier molecular flexibility index (Phi) is 3.04. The third kappa shape index (κ3) is 2.18. The van der Waals surface area contributed by atoms with Crippen molar-refractivity contribution in [1.82, 2.24) is 14.8 Å². The maximum atomic E-state index is 5.74. The Morgan fingerprint density at radius 3 is 3.00 bits per heavy atom. The molecule has 0 spiro atoms. The zero-order valence-corrected chi connectivity index (χ0v) is 11.0. The molecule has 1 saturated carbocycles. The highest BCUT2D eigenvalue weighted by atomic mass is 32.1. The van der Waals surface area contributed by atoms with Crippen LogP contribution in [-0.4, -0.2) is 27.5 Å². The largest absolute Gasteiger partial charge is 0.378 e. The van der Waals surface area contributed by atoms with Crippen molar-refractivity contribution < 1.29 is 4.74 Å². The molecule has 2 heterocycles. The molecule has 1 aliphatic heterocycles. The van der Waals surface area contributed by atoms with Gasteiger partial charge in [0, 0.05) is 25.0 Å². The molecular weight excluding hydrogens is 234 g/mol. The third-order valence-corrected chi connectivity index (χ3v) is 4.21. The van der Waals surface area contributed by atoms with Gasteiger partial charge in [-0.3, -0.25) is 5.10 Å². The van der Waals surface area contributed by atoms with E-state index in [2.05, 4.69) is 21.7 Å². The van der Waals surface area contributed by atoms with Crippen LogP contribution in [0.3, 0.4) is 0 Å². The molecule has 17 heavy (non-hydrogen) atoms. The van der Waals surface area contributed by atoms with Crippen molar-refractivity contribution in [2.24, 2.45) is 5.92 Å². The lowest BCUT2D eigenvalue weighted by Crippen LogP contribution is -2.21. The number of H-pyrrole nitrogens is 1.